The van der Waals surface area contributed by atoms with E-state index in [0.29, 0.717) is 28.0 Å². The number of carbonyl (C=O) groups excluding carboxylic acids is 1. The molecule has 0 saturated carbocycles. The summed E-state index contributed by atoms with van der Waals surface area (Å²) < 4.78 is 6.59. The van der Waals surface area contributed by atoms with Gasteiger partial charge in [-0.25, -0.2) is 4.68 Å². The Labute approximate surface area is 154 Å². The van der Waals surface area contributed by atoms with Crippen molar-refractivity contribution in [2.24, 2.45) is 0 Å². The van der Waals surface area contributed by atoms with Gasteiger partial charge in [0.25, 0.3) is 0 Å². The van der Waals surface area contributed by atoms with E-state index < -0.39 is 5.25 Å². The molecule has 0 bridgehead atoms. The third-order valence-corrected chi connectivity index (χ3v) is 4.73. The van der Waals surface area contributed by atoms with Crippen LogP contribution in [-0.2, 0) is 4.79 Å². The van der Waals surface area contributed by atoms with Crippen molar-refractivity contribution in [2.75, 3.05) is 11.2 Å². The van der Waals surface area contributed by atoms with Gasteiger partial charge in [-0.3, -0.25) is 4.79 Å². The van der Waals surface area contributed by atoms with E-state index in [1.54, 1.807) is 43.5 Å². The molecule has 0 aliphatic heterocycles. The molecule has 9 heteroatoms. The Morgan fingerprint density at radius 2 is 2.23 bits per heavy atom. The van der Waals surface area contributed by atoms with Gasteiger partial charge < -0.3 is 15.6 Å². The first-order valence-corrected chi connectivity index (χ1v) is 8.60. The van der Waals surface area contributed by atoms with Gasteiger partial charge in [-0.2, -0.15) is 5.26 Å². The van der Waals surface area contributed by atoms with Gasteiger partial charge in [0.15, 0.2) is 5.82 Å². The lowest BCUT2D eigenvalue weighted by Crippen LogP contribution is -2.23. The molecule has 26 heavy (non-hydrogen) atoms. The number of furan rings is 1. The average Bonchev–Trinajstić information content (AvgIpc) is 3.21. The molecule has 0 fully saturated rings. The van der Waals surface area contributed by atoms with Gasteiger partial charge in [-0.05, 0) is 38.1 Å². The third-order valence-electron chi connectivity index (χ3n) is 3.67. The van der Waals surface area contributed by atoms with E-state index in [9.17, 15) is 4.79 Å². The number of hydrogen-bond acceptors (Lipinski definition) is 7. The predicted octanol–water partition coefficient (Wildman–Crippen LogP) is 2.55. The Kier molecular flexibility index (Phi) is 4.95. The summed E-state index contributed by atoms with van der Waals surface area (Å²) in [7, 11) is 0. The largest absolute Gasteiger partial charge is 0.469 e. The summed E-state index contributed by atoms with van der Waals surface area (Å²) in [6.07, 6.45) is 1.55. The number of thioether (sulfide) groups is 1. The van der Waals surface area contributed by atoms with Gasteiger partial charge in [0.05, 0.1) is 28.7 Å². The van der Waals surface area contributed by atoms with Crippen molar-refractivity contribution in [3.8, 4) is 17.5 Å². The van der Waals surface area contributed by atoms with Crippen molar-refractivity contribution in [3.63, 3.8) is 0 Å². The van der Waals surface area contributed by atoms with E-state index in [0.717, 1.165) is 5.56 Å². The van der Waals surface area contributed by atoms with Gasteiger partial charge >= 0.3 is 0 Å². The normalized spacial score (nSPS) is 11.7. The Morgan fingerprint density at radius 1 is 1.42 bits per heavy atom. The van der Waals surface area contributed by atoms with Crippen molar-refractivity contribution >= 4 is 23.4 Å². The Hall–Kier alpha value is -3.25. The number of nitrogen functional groups attached to an aromatic ring is 1. The van der Waals surface area contributed by atoms with Crippen LogP contribution < -0.4 is 11.2 Å². The zero-order valence-electron chi connectivity index (χ0n) is 14.1. The Bertz CT molecular complexity index is 987. The molecule has 3 rings (SSSR count). The molecule has 0 saturated heterocycles. The zero-order valence-corrected chi connectivity index (χ0v) is 14.9. The summed E-state index contributed by atoms with van der Waals surface area (Å²) in [5.41, 5.74) is 1.78. The maximum absolute atomic E-state index is 12.4. The van der Waals surface area contributed by atoms with Gasteiger partial charge in [-0.1, -0.05) is 17.8 Å². The van der Waals surface area contributed by atoms with E-state index >= 15 is 0 Å². The van der Waals surface area contributed by atoms with E-state index in [1.807, 2.05) is 13.0 Å². The zero-order chi connectivity index (χ0) is 18.7. The fourth-order valence-corrected chi connectivity index (χ4v) is 3.05. The highest BCUT2D eigenvalue weighted by Crippen LogP contribution is 2.27. The van der Waals surface area contributed by atoms with Crippen LogP contribution in [0.4, 0.5) is 5.69 Å². The number of nitrogens with two attached hydrogens (primary N) is 1. The molecule has 2 aromatic heterocycles. The second kappa shape index (κ2) is 7.33. The van der Waals surface area contributed by atoms with Gasteiger partial charge in [-0.15, -0.1) is 10.2 Å². The van der Waals surface area contributed by atoms with Crippen LogP contribution in [0.5, 0.6) is 0 Å². The van der Waals surface area contributed by atoms with E-state index in [2.05, 4.69) is 15.5 Å². The van der Waals surface area contributed by atoms with E-state index in [-0.39, 0.29) is 5.91 Å². The number of rotatable bonds is 5. The maximum Gasteiger partial charge on any atom is 0.237 e. The smallest absolute Gasteiger partial charge is 0.237 e. The number of hydrogen-bond donors (Lipinski definition) is 2. The molecule has 1 atom stereocenters. The highest BCUT2D eigenvalue weighted by molar-refractivity contribution is 8.00. The fraction of sp³-hybridized carbons (Fsp3) is 0.176. The van der Waals surface area contributed by atoms with Crippen molar-refractivity contribution in [2.45, 2.75) is 24.3 Å². The predicted molar refractivity (Wildman–Crippen MR) is 97.7 cm³/mol. The van der Waals surface area contributed by atoms with Crippen LogP contribution in [0, 0.1) is 18.3 Å². The summed E-state index contributed by atoms with van der Waals surface area (Å²) in [5, 5.41) is 19.8. The summed E-state index contributed by atoms with van der Waals surface area (Å²) in [4.78, 5) is 12.4. The van der Waals surface area contributed by atoms with Crippen LogP contribution in [0.15, 0.2) is 46.2 Å². The van der Waals surface area contributed by atoms with Crippen LogP contribution in [0.2, 0.25) is 0 Å². The third kappa shape index (κ3) is 3.55. The fourth-order valence-electron chi connectivity index (χ4n) is 2.28. The number of aromatic nitrogens is 3. The van der Waals surface area contributed by atoms with Crippen molar-refractivity contribution in [1.82, 2.24) is 14.9 Å². The number of nitrogens with zero attached hydrogens (tertiary/aromatic N) is 4. The summed E-state index contributed by atoms with van der Waals surface area (Å²) in [6.45, 7) is 3.55. The van der Waals surface area contributed by atoms with Crippen molar-refractivity contribution in [1.29, 1.82) is 5.26 Å². The lowest BCUT2D eigenvalue weighted by Gasteiger charge is -2.11. The SMILES string of the molecule is Cc1occc1-c1nnc(SC(C)C(=O)Nc2cccc(C#N)c2)n1N. The Balaban J connectivity index is 1.71. The number of benzene rings is 1. The molecule has 132 valence electrons. The number of amides is 1. The topological polar surface area (TPSA) is 123 Å². The van der Waals surface area contributed by atoms with Gasteiger partial charge in [0.1, 0.15) is 5.76 Å². The summed E-state index contributed by atoms with van der Waals surface area (Å²) >= 11 is 1.19. The first-order valence-electron chi connectivity index (χ1n) is 7.72. The molecule has 0 aliphatic rings. The van der Waals surface area contributed by atoms with Crippen LogP contribution in [0.25, 0.3) is 11.4 Å². The number of nitrogens with one attached hydrogen (secondary N) is 1. The van der Waals surface area contributed by atoms with Crippen LogP contribution in [0.1, 0.15) is 18.2 Å². The molecule has 8 nitrogen and oxygen atoms in total. The molecular formula is C17H16N6O2S. The first-order chi connectivity index (χ1) is 12.5. The van der Waals surface area contributed by atoms with Crippen molar-refractivity contribution < 1.29 is 9.21 Å². The molecule has 2 heterocycles. The minimum atomic E-state index is -0.467. The molecule has 1 amide bonds. The molecule has 1 unspecified atom stereocenters. The minimum Gasteiger partial charge on any atom is -0.469 e. The quantitative estimate of drug-likeness (QED) is 0.524. The minimum absolute atomic E-state index is 0.228. The standard InChI is InChI=1S/C17H16N6O2S/c1-10-14(6-7-25-10)15-21-22-17(23(15)19)26-11(2)16(24)20-13-5-3-4-12(8-13)9-18/h3-8,11H,19H2,1-2H3,(H,20,24). The van der Waals surface area contributed by atoms with Crippen LogP contribution in [0.3, 0.4) is 0 Å². The molecule has 0 spiro atoms. The molecular weight excluding hydrogens is 352 g/mol. The number of aryl methyl sites for hydroxylation is 1. The molecule has 3 N–H and O–H groups in total. The summed E-state index contributed by atoms with van der Waals surface area (Å²) in [5.74, 6) is 6.99. The highest BCUT2D eigenvalue weighted by atomic mass is 32.2. The highest BCUT2D eigenvalue weighted by Gasteiger charge is 2.21. The number of carbonyl (C=O) groups is 1. The number of anilines is 1. The molecule has 0 radical (unpaired) electrons. The lowest BCUT2D eigenvalue weighted by atomic mass is 10.2. The first kappa shape index (κ1) is 17.6. The summed E-state index contributed by atoms with van der Waals surface area (Å²) in [6, 6.07) is 10.5. The second-order valence-corrected chi connectivity index (χ2v) is 6.82. The molecule has 3 aromatic rings. The monoisotopic (exact) mass is 368 g/mol. The van der Waals surface area contributed by atoms with Gasteiger partial charge in [0, 0.05) is 5.69 Å². The van der Waals surface area contributed by atoms with Gasteiger partial charge in [0.2, 0.25) is 11.1 Å². The van der Waals surface area contributed by atoms with Crippen LogP contribution in [-0.4, -0.2) is 26.0 Å². The second-order valence-electron chi connectivity index (χ2n) is 5.51. The van der Waals surface area contributed by atoms with Crippen LogP contribution >= 0.6 is 11.8 Å². The maximum atomic E-state index is 12.4. The lowest BCUT2D eigenvalue weighted by molar-refractivity contribution is -0.115. The number of nitriles is 1. The average molecular weight is 368 g/mol. The molecule has 0 aliphatic carbocycles. The van der Waals surface area contributed by atoms with E-state index in [4.69, 9.17) is 15.5 Å². The Morgan fingerprint density at radius 3 is 2.92 bits per heavy atom. The molecule has 1 aromatic carbocycles. The van der Waals surface area contributed by atoms with Crippen molar-refractivity contribution in [3.05, 3.63) is 47.9 Å². The van der Waals surface area contributed by atoms with E-state index in [1.165, 1.54) is 16.4 Å².